The number of nitrogens with two attached hydrogens (primary N) is 1. The van der Waals surface area contributed by atoms with Gasteiger partial charge in [0.1, 0.15) is 0 Å². The van der Waals surface area contributed by atoms with Crippen LogP contribution in [0.5, 0.6) is 0 Å². The molecule has 0 aliphatic rings. The number of anilines is 2. The summed E-state index contributed by atoms with van der Waals surface area (Å²) in [6, 6.07) is 12.4. The average molecular weight is 241 g/mol. The lowest BCUT2D eigenvalue weighted by Gasteiger charge is -2.20. The zero-order chi connectivity index (χ0) is 13.1. The standard InChI is InChI=1S/C15H19N3/c1-11-5-4-6-13(9-11)18(3)14-7-8-15(12(2)16)17-10-14/h4-10,12H,16H2,1-3H3. The first-order valence-electron chi connectivity index (χ1n) is 6.10. The summed E-state index contributed by atoms with van der Waals surface area (Å²) < 4.78 is 0. The predicted octanol–water partition coefficient (Wildman–Crippen LogP) is 3.18. The average Bonchev–Trinajstić information content (AvgIpc) is 2.38. The Morgan fingerprint density at radius 3 is 2.50 bits per heavy atom. The molecule has 2 N–H and O–H groups in total. The van der Waals surface area contributed by atoms with Crippen LogP contribution >= 0.6 is 0 Å². The van der Waals surface area contributed by atoms with E-state index in [9.17, 15) is 0 Å². The van der Waals surface area contributed by atoms with Gasteiger partial charge in [-0.3, -0.25) is 4.98 Å². The second-order valence-corrected chi connectivity index (χ2v) is 4.63. The summed E-state index contributed by atoms with van der Waals surface area (Å²) in [5.41, 5.74) is 10.2. The van der Waals surface area contributed by atoms with E-state index in [0.717, 1.165) is 17.1 Å². The first-order chi connectivity index (χ1) is 8.58. The SMILES string of the molecule is Cc1cccc(N(C)c2ccc(C(C)N)nc2)c1. The third kappa shape index (κ3) is 2.68. The van der Waals surface area contributed by atoms with E-state index in [1.54, 1.807) is 0 Å². The minimum absolute atomic E-state index is 0.0247. The third-order valence-corrected chi connectivity index (χ3v) is 3.01. The summed E-state index contributed by atoms with van der Waals surface area (Å²) in [6.07, 6.45) is 1.86. The summed E-state index contributed by atoms with van der Waals surface area (Å²) in [4.78, 5) is 6.50. The summed E-state index contributed by atoms with van der Waals surface area (Å²) >= 11 is 0. The van der Waals surface area contributed by atoms with Crippen LogP contribution in [0.2, 0.25) is 0 Å². The van der Waals surface area contributed by atoms with Gasteiger partial charge >= 0.3 is 0 Å². The Balaban J connectivity index is 2.26. The van der Waals surface area contributed by atoms with E-state index in [4.69, 9.17) is 5.73 Å². The van der Waals surface area contributed by atoms with Gasteiger partial charge in [-0.2, -0.15) is 0 Å². The van der Waals surface area contributed by atoms with E-state index >= 15 is 0 Å². The number of benzene rings is 1. The molecule has 0 aliphatic heterocycles. The molecule has 3 heteroatoms. The second-order valence-electron chi connectivity index (χ2n) is 4.63. The topological polar surface area (TPSA) is 42.1 Å². The lowest BCUT2D eigenvalue weighted by Crippen LogP contribution is -2.11. The molecule has 0 amide bonds. The van der Waals surface area contributed by atoms with Crippen LogP contribution in [0.25, 0.3) is 0 Å². The van der Waals surface area contributed by atoms with Crippen molar-refractivity contribution in [3.8, 4) is 0 Å². The molecule has 0 spiro atoms. The van der Waals surface area contributed by atoms with Gasteiger partial charge in [0.25, 0.3) is 0 Å². The van der Waals surface area contributed by atoms with Gasteiger partial charge in [0.2, 0.25) is 0 Å². The van der Waals surface area contributed by atoms with Crippen molar-refractivity contribution < 1.29 is 0 Å². The van der Waals surface area contributed by atoms with Crippen LogP contribution in [0.4, 0.5) is 11.4 Å². The largest absolute Gasteiger partial charge is 0.343 e. The molecule has 18 heavy (non-hydrogen) atoms. The third-order valence-electron chi connectivity index (χ3n) is 3.01. The molecule has 0 aliphatic carbocycles. The van der Waals surface area contributed by atoms with Gasteiger partial charge in [-0.25, -0.2) is 0 Å². The van der Waals surface area contributed by atoms with Crippen LogP contribution in [0, 0.1) is 6.92 Å². The van der Waals surface area contributed by atoms with Gasteiger partial charge < -0.3 is 10.6 Å². The first kappa shape index (κ1) is 12.6. The van der Waals surface area contributed by atoms with Crippen molar-refractivity contribution in [3.05, 3.63) is 53.9 Å². The molecule has 3 nitrogen and oxygen atoms in total. The van der Waals surface area contributed by atoms with E-state index in [0.29, 0.717) is 0 Å². The highest BCUT2D eigenvalue weighted by Gasteiger charge is 2.06. The van der Waals surface area contributed by atoms with Crippen molar-refractivity contribution in [2.75, 3.05) is 11.9 Å². The summed E-state index contributed by atoms with van der Waals surface area (Å²) in [5, 5.41) is 0. The number of aromatic nitrogens is 1. The molecule has 1 atom stereocenters. The van der Waals surface area contributed by atoms with Crippen LogP contribution in [0.15, 0.2) is 42.6 Å². The molecule has 1 aromatic carbocycles. The minimum atomic E-state index is -0.0247. The molecule has 0 saturated carbocycles. The molecular weight excluding hydrogens is 222 g/mol. The zero-order valence-corrected chi connectivity index (χ0v) is 11.1. The number of nitrogens with zero attached hydrogens (tertiary/aromatic N) is 2. The quantitative estimate of drug-likeness (QED) is 0.897. The number of pyridine rings is 1. The van der Waals surface area contributed by atoms with Gasteiger partial charge in [0.15, 0.2) is 0 Å². The van der Waals surface area contributed by atoms with Gasteiger partial charge in [-0.15, -0.1) is 0 Å². The molecule has 0 saturated heterocycles. The highest BCUT2D eigenvalue weighted by molar-refractivity contribution is 5.62. The van der Waals surface area contributed by atoms with Crippen LogP contribution in [0.1, 0.15) is 24.2 Å². The molecule has 94 valence electrons. The van der Waals surface area contributed by atoms with Gasteiger partial charge in [-0.05, 0) is 43.7 Å². The Morgan fingerprint density at radius 1 is 1.17 bits per heavy atom. The minimum Gasteiger partial charge on any atom is -0.343 e. The van der Waals surface area contributed by atoms with E-state index < -0.39 is 0 Å². The Kier molecular flexibility index (Phi) is 3.63. The molecule has 0 bridgehead atoms. The maximum atomic E-state index is 5.79. The molecular formula is C15H19N3. The van der Waals surface area contributed by atoms with Gasteiger partial charge in [0, 0.05) is 18.8 Å². The fraction of sp³-hybridized carbons (Fsp3) is 0.267. The van der Waals surface area contributed by atoms with Crippen LogP contribution in [0.3, 0.4) is 0 Å². The summed E-state index contributed by atoms with van der Waals surface area (Å²) in [5.74, 6) is 0. The van der Waals surface area contributed by atoms with Crippen molar-refractivity contribution in [1.82, 2.24) is 4.98 Å². The van der Waals surface area contributed by atoms with Gasteiger partial charge in [-0.1, -0.05) is 12.1 Å². The molecule has 1 aromatic heterocycles. The van der Waals surface area contributed by atoms with E-state index in [1.165, 1.54) is 5.56 Å². The Labute approximate surface area is 108 Å². The molecule has 0 fully saturated rings. The van der Waals surface area contributed by atoms with Crippen molar-refractivity contribution >= 4 is 11.4 Å². The summed E-state index contributed by atoms with van der Waals surface area (Å²) in [7, 11) is 2.04. The maximum Gasteiger partial charge on any atom is 0.0594 e. The van der Waals surface area contributed by atoms with Crippen LogP contribution < -0.4 is 10.6 Å². The van der Waals surface area contributed by atoms with Crippen molar-refractivity contribution in [2.24, 2.45) is 5.73 Å². The monoisotopic (exact) mass is 241 g/mol. The lowest BCUT2D eigenvalue weighted by atomic mass is 10.2. The van der Waals surface area contributed by atoms with Gasteiger partial charge in [0.05, 0.1) is 17.6 Å². The highest BCUT2D eigenvalue weighted by Crippen LogP contribution is 2.24. The lowest BCUT2D eigenvalue weighted by molar-refractivity contribution is 0.781. The van der Waals surface area contributed by atoms with E-state index in [1.807, 2.05) is 32.3 Å². The molecule has 0 radical (unpaired) electrons. The van der Waals surface area contributed by atoms with Crippen LogP contribution in [-0.4, -0.2) is 12.0 Å². The van der Waals surface area contributed by atoms with E-state index in [-0.39, 0.29) is 6.04 Å². The number of rotatable bonds is 3. The highest BCUT2D eigenvalue weighted by atomic mass is 15.1. The Hall–Kier alpha value is -1.87. The second kappa shape index (κ2) is 5.19. The number of hydrogen-bond donors (Lipinski definition) is 1. The fourth-order valence-corrected chi connectivity index (χ4v) is 1.85. The van der Waals surface area contributed by atoms with E-state index in [2.05, 4.69) is 41.1 Å². The number of hydrogen-bond acceptors (Lipinski definition) is 3. The fourth-order valence-electron chi connectivity index (χ4n) is 1.85. The number of aryl methyl sites for hydroxylation is 1. The predicted molar refractivity (Wildman–Crippen MR) is 76.1 cm³/mol. The van der Waals surface area contributed by atoms with Crippen molar-refractivity contribution in [2.45, 2.75) is 19.9 Å². The molecule has 1 unspecified atom stereocenters. The first-order valence-corrected chi connectivity index (χ1v) is 6.10. The smallest absolute Gasteiger partial charge is 0.0594 e. The Bertz CT molecular complexity index is 518. The Morgan fingerprint density at radius 2 is 1.94 bits per heavy atom. The molecule has 2 rings (SSSR count). The van der Waals surface area contributed by atoms with Crippen LogP contribution in [-0.2, 0) is 0 Å². The maximum absolute atomic E-state index is 5.79. The summed E-state index contributed by atoms with van der Waals surface area (Å²) in [6.45, 7) is 4.03. The zero-order valence-electron chi connectivity index (χ0n) is 11.1. The normalized spacial score (nSPS) is 12.2. The molecule has 1 heterocycles. The van der Waals surface area contributed by atoms with Crippen molar-refractivity contribution in [3.63, 3.8) is 0 Å². The molecule has 2 aromatic rings. The van der Waals surface area contributed by atoms with Crippen molar-refractivity contribution in [1.29, 1.82) is 0 Å².